The summed E-state index contributed by atoms with van der Waals surface area (Å²) in [5.41, 5.74) is 9.78. The van der Waals surface area contributed by atoms with Crippen molar-refractivity contribution in [2.24, 2.45) is 5.73 Å². The summed E-state index contributed by atoms with van der Waals surface area (Å²) in [5.74, 6) is 4.97. The van der Waals surface area contributed by atoms with E-state index in [0.717, 1.165) is 0 Å². The lowest BCUT2D eigenvalue weighted by Gasteiger charge is -2.23. The molecule has 3 N–H and O–H groups in total. The fourth-order valence-corrected chi connectivity index (χ4v) is 3.22. The predicted molar refractivity (Wildman–Crippen MR) is 117 cm³/mol. The van der Waals surface area contributed by atoms with Crippen molar-refractivity contribution in [3.05, 3.63) is 59.7 Å². The van der Waals surface area contributed by atoms with E-state index >= 15 is 0 Å². The predicted octanol–water partition coefficient (Wildman–Crippen LogP) is 4.19. The molecule has 0 aromatic heterocycles. The first-order chi connectivity index (χ1) is 13.1. The molecule has 4 nitrogen and oxygen atoms in total. The Bertz CT molecular complexity index is 822. The lowest BCUT2D eigenvalue weighted by Crippen LogP contribution is -2.34. The summed E-state index contributed by atoms with van der Waals surface area (Å²) in [6, 6.07) is 16.4. The van der Waals surface area contributed by atoms with E-state index in [1.165, 1.54) is 27.2 Å². The first kappa shape index (κ1) is 23.1. The molecule has 0 bridgehead atoms. The highest BCUT2D eigenvalue weighted by Gasteiger charge is 2.30. The lowest BCUT2D eigenvalue weighted by molar-refractivity contribution is 0.145. The van der Waals surface area contributed by atoms with Crippen LogP contribution in [0.5, 0.6) is 0 Å². The monoisotopic (exact) mass is 396 g/mol. The van der Waals surface area contributed by atoms with Crippen molar-refractivity contribution in [2.45, 2.75) is 18.8 Å². The molecule has 146 valence electrons. The summed E-state index contributed by atoms with van der Waals surface area (Å²) in [5, 5.41) is 9.41. The van der Waals surface area contributed by atoms with Crippen molar-refractivity contribution >= 4 is 18.5 Å². The molecule has 0 unspecified atom stereocenters. The summed E-state index contributed by atoms with van der Waals surface area (Å²) in [7, 11) is 0. The third-order valence-corrected chi connectivity index (χ3v) is 4.45. The molecular weight excluding hydrogens is 372 g/mol. The van der Waals surface area contributed by atoms with Crippen molar-refractivity contribution in [2.75, 3.05) is 19.6 Å². The minimum absolute atomic E-state index is 0. The molecule has 5 heteroatoms. The Morgan fingerprint density at radius 2 is 1.50 bits per heavy atom. The van der Waals surface area contributed by atoms with Crippen LogP contribution in [0.3, 0.4) is 0 Å². The van der Waals surface area contributed by atoms with Gasteiger partial charge in [-0.25, -0.2) is 4.79 Å². The van der Waals surface area contributed by atoms with Crippen LogP contribution >= 0.6 is 12.4 Å². The van der Waals surface area contributed by atoms with Gasteiger partial charge in [-0.2, -0.15) is 0 Å². The van der Waals surface area contributed by atoms with Crippen LogP contribution in [0.1, 0.15) is 29.9 Å². The van der Waals surface area contributed by atoms with Gasteiger partial charge in [-0.15, -0.1) is 37.1 Å². The standard InChI is InChI=1S/C19H17NO2.C4H7N.ClH/c1-2-3-12-20(19(21)22)13-18-16-10-6-4-8-14(16)15-9-5-7-11-17(15)18;1-2-3-4-5;/h1,4-11,18H,3,12-13H2,(H,21,22);1H,3-5H2;1H. The molecule has 0 saturated carbocycles. The van der Waals surface area contributed by atoms with Crippen molar-refractivity contribution in [1.82, 2.24) is 4.90 Å². The van der Waals surface area contributed by atoms with Gasteiger partial charge in [0.2, 0.25) is 0 Å². The van der Waals surface area contributed by atoms with E-state index in [9.17, 15) is 9.90 Å². The normalized spacial score (nSPS) is 10.8. The van der Waals surface area contributed by atoms with Gasteiger partial charge in [0.25, 0.3) is 0 Å². The molecule has 3 rings (SSSR count). The van der Waals surface area contributed by atoms with Crippen LogP contribution in [-0.4, -0.2) is 35.7 Å². The maximum atomic E-state index is 11.5. The van der Waals surface area contributed by atoms with Gasteiger partial charge in [0.15, 0.2) is 0 Å². The Morgan fingerprint density at radius 3 is 1.89 bits per heavy atom. The number of hydrogen-bond acceptors (Lipinski definition) is 2. The van der Waals surface area contributed by atoms with Crippen molar-refractivity contribution in [3.63, 3.8) is 0 Å². The first-order valence-corrected chi connectivity index (χ1v) is 8.87. The topological polar surface area (TPSA) is 66.6 Å². The van der Waals surface area contributed by atoms with Crippen LogP contribution in [0.25, 0.3) is 11.1 Å². The number of nitrogens with zero attached hydrogens (tertiary/aromatic N) is 1. The number of hydrogen-bond donors (Lipinski definition) is 2. The van der Waals surface area contributed by atoms with Gasteiger partial charge in [0, 0.05) is 38.4 Å². The van der Waals surface area contributed by atoms with E-state index in [1.807, 2.05) is 24.3 Å². The zero-order valence-corrected chi connectivity index (χ0v) is 16.5. The second-order valence-corrected chi connectivity index (χ2v) is 6.15. The number of nitrogens with two attached hydrogens (primary N) is 1. The molecule has 0 spiro atoms. The van der Waals surface area contributed by atoms with Gasteiger partial charge in [0.05, 0.1) is 0 Å². The quantitative estimate of drug-likeness (QED) is 0.744. The van der Waals surface area contributed by atoms with Crippen LogP contribution in [-0.2, 0) is 0 Å². The number of benzene rings is 2. The molecule has 1 amide bonds. The maximum Gasteiger partial charge on any atom is 0.407 e. The number of terminal acetylenes is 2. The van der Waals surface area contributed by atoms with Crippen LogP contribution in [0.4, 0.5) is 4.79 Å². The van der Waals surface area contributed by atoms with Gasteiger partial charge in [-0.1, -0.05) is 48.5 Å². The number of carboxylic acid groups (broad SMARTS) is 1. The highest BCUT2D eigenvalue weighted by Crippen LogP contribution is 2.44. The average molecular weight is 397 g/mol. The summed E-state index contributed by atoms with van der Waals surface area (Å²) in [6.07, 6.45) is 10.3. The van der Waals surface area contributed by atoms with Crippen molar-refractivity contribution in [3.8, 4) is 35.8 Å². The van der Waals surface area contributed by atoms with Crippen LogP contribution in [0, 0.1) is 24.7 Å². The smallest absolute Gasteiger partial charge is 0.407 e. The SMILES string of the molecule is C#CCCN.C#CCCN(CC1c2ccccc2-c2ccccc21)C(=O)O.Cl. The second kappa shape index (κ2) is 11.7. The Labute approximate surface area is 173 Å². The fraction of sp³-hybridized carbons (Fsp3) is 0.261. The van der Waals surface area contributed by atoms with E-state index in [0.29, 0.717) is 32.5 Å². The average Bonchev–Trinajstić information content (AvgIpc) is 3.00. The molecule has 28 heavy (non-hydrogen) atoms. The Kier molecular flexibility index (Phi) is 9.68. The molecule has 0 radical (unpaired) electrons. The third-order valence-electron chi connectivity index (χ3n) is 4.45. The minimum Gasteiger partial charge on any atom is -0.465 e. The van der Waals surface area contributed by atoms with Gasteiger partial charge in [-0.05, 0) is 22.3 Å². The first-order valence-electron chi connectivity index (χ1n) is 8.87. The molecular formula is C23H25ClN2O2. The molecule has 1 aliphatic carbocycles. The summed E-state index contributed by atoms with van der Waals surface area (Å²) in [6.45, 7) is 1.41. The lowest BCUT2D eigenvalue weighted by atomic mass is 9.96. The molecule has 0 saturated heterocycles. The van der Waals surface area contributed by atoms with Gasteiger partial charge in [-0.3, -0.25) is 0 Å². The maximum absolute atomic E-state index is 11.5. The molecule has 0 heterocycles. The molecule has 2 aromatic carbocycles. The molecule has 0 fully saturated rings. The number of amides is 1. The van der Waals surface area contributed by atoms with E-state index in [4.69, 9.17) is 18.6 Å². The second-order valence-electron chi connectivity index (χ2n) is 6.15. The zero-order chi connectivity index (χ0) is 19.6. The van der Waals surface area contributed by atoms with E-state index in [2.05, 4.69) is 36.1 Å². The Hall–Kier alpha value is -2.92. The van der Waals surface area contributed by atoms with Gasteiger partial charge in [0.1, 0.15) is 0 Å². The molecule has 0 aliphatic heterocycles. The van der Waals surface area contributed by atoms with Gasteiger partial charge < -0.3 is 15.7 Å². The van der Waals surface area contributed by atoms with Crippen LogP contribution < -0.4 is 5.73 Å². The molecule has 1 aliphatic rings. The number of rotatable bonds is 5. The van der Waals surface area contributed by atoms with Crippen LogP contribution in [0.2, 0.25) is 0 Å². The largest absolute Gasteiger partial charge is 0.465 e. The highest BCUT2D eigenvalue weighted by atomic mass is 35.5. The van der Waals surface area contributed by atoms with E-state index in [1.54, 1.807) is 0 Å². The molecule has 2 aromatic rings. The van der Waals surface area contributed by atoms with Crippen LogP contribution in [0.15, 0.2) is 48.5 Å². The third kappa shape index (κ3) is 5.54. The number of halogens is 1. The number of carbonyl (C=O) groups is 1. The fourth-order valence-electron chi connectivity index (χ4n) is 3.22. The zero-order valence-electron chi connectivity index (χ0n) is 15.7. The number of fused-ring (bicyclic) bond motifs is 3. The highest BCUT2D eigenvalue weighted by molar-refractivity contribution is 5.85. The summed E-state index contributed by atoms with van der Waals surface area (Å²) in [4.78, 5) is 12.9. The van der Waals surface area contributed by atoms with Crippen molar-refractivity contribution in [1.29, 1.82) is 0 Å². The Balaban J connectivity index is 0.000000584. The van der Waals surface area contributed by atoms with Crippen molar-refractivity contribution < 1.29 is 9.90 Å². The summed E-state index contributed by atoms with van der Waals surface area (Å²) < 4.78 is 0. The minimum atomic E-state index is -0.919. The Morgan fingerprint density at radius 1 is 1.00 bits per heavy atom. The van der Waals surface area contributed by atoms with E-state index < -0.39 is 6.09 Å². The summed E-state index contributed by atoms with van der Waals surface area (Å²) >= 11 is 0. The van der Waals surface area contributed by atoms with E-state index in [-0.39, 0.29) is 18.3 Å². The van der Waals surface area contributed by atoms with Gasteiger partial charge >= 0.3 is 6.09 Å². The molecule has 0 atom stereocenters.